The molecular formula is C19H19NO6. The topological polar surface area (TPSA) is 83.1 Å². The highest BCUT2D eigenvalue weighted by molar-refractivity contribution is 5.95. The Bertz CT molecular complexity index is 777. The highest BCUT2D eigenvalue weighted by atomic mass is 16.6. The van der Waals surface area contributed by atoms with Gasteiger partial charge in [-0.25, -0.2) is 4.79 Å². The molecule has 0 saturated heterocycles. The van der Waals surface area contributed by atoms with Crippen LogP contribution in [0, 0.1) is 0 Å². The van der Waals surface area contributed by atoms with Crippen LogP contribution >= 0.6 is 0 Å². The molecule has 0 radical (unpaired) electrons. The van der Waals surface area contributed by atoms with Gasteiger partial charge in [0.15, 0.2) is 24.2 Å². The van der Waals surface area contributed by atoms with E-state index in [1.807, 2.05) is 6.07 Å². The first-order valence-corrected chi connectivity index (χ1v) is 8.19. The minimum Gasteiger partial charge on any atom is -0.486 e. The number of hydrogen-bond acceptors (Lipinski definition) is 6. The molecule has 136 valence electrons. The summed E-state index contributed by atoms with van der Waals surface area (Å²) < 4.78 is 21.3. The molecule has 0 bridgehead atoms. The zero-order valence-electron chi connectivity index (χ0n) is 14.3. The summed E-state index contributed by atoms with van der Waals surface area (Å²) >= 11 is 0. The van der Waals surface area contributed by atoms with Crippen molar-refractivity contribution >= 4 is 17.6 Å². The number of hydrogen-bond donors (Lipinski definition) is 1. The molecule has 1 heterocycles. The maximum absolute atomic E-state index is 12.2. The summed E-state index contributed by atoms with van der Waals surface area (Å²) in [5, 5.41) is 2.68. The van der Waals surface area contributed by atoms with E-state index in [0.29, 0.717) is 36.1 Å². The summed E-state index contributed by atoms with van der Waals surface area (Å²) in [4.78, 5) is 24.0. The third kappa shape index (κ3) is 4.66. The third-order valence-corrected chi connectivity index (χ3v) is 3.59. The first-order chi connectivity index (χ1) is 12.6. The fourth-order valence-electron chi connectivity index (χ4n) is 2.31. The molecule has 0 spiro atoms. The van der Waals surface area contributed by atoms with Crippen molar-refractivity contribution in [2.45, 2.75) is 13.0 Å². The van der Waals surface area contributed by atoms with Gasteiger partial charge in [0.25, 0.3) is 5.91 Å². The Hall–Kier alpha value is -3.22. The van der Waals surface area contributed by atoms with Crippen molar-refractivity contribution in [3.05, 3.63) is 48.5 Å². The number of fused-ring (bicyclic) bond motifs is 1. The van der Waals surface area contributed by atoms with Crippen LogP contribution in [-0.2, 0) is 14.3 Å². The Morgan fingerprint density at radius 1 is 1.08 bits per heavy atom. The van der Waals surface area contributed by atoms with Crippen molar-refractivity contribution < 1.29 is 28.5 Å². The molecule has 1 amide bonds. The summed E-state index contributed by atoms with van der Waals surface area (Å²) in [6.45, 7) is 2.18. The lowest BCUT2D eigenvalue weighted by molar-refractivity contribution is -0.155. The molecule has 3 rings (SSSR count). The van der Waals surface area contributed by atoms with E-state index in [1.165, 1.54) is 6.92 Å². The Balaban J connectivity index is 1.49. The van der Waals surface area contributed by atoms with Crippen molar-refractivity contribution in [3.8, 4) is 17.2 Å². The highest BCUT2D eigenvalue weighted by Gasteiger charge is 2.19. The smallest absolute Gasteiger partial charge is 0.344 e. The number of rotatable bonds is 6. The molecule has 7 nitrogen and oxygen atoms in total. The van der Waals surface area contributed by atoms with Crippen molar-refractivity contribution in [2.75, 3.05) is 25.1 Å². The van der Waals surface area contributed by atoms with Crippen LogP contribution in [0.25, 0.3) is 0 Å². The number of esters is 1. The number of ether oxygens (including phenoxy) is 4. The predicted molar refractivity (Wildman–Crippen MR) is 93.6 cm³/mol. The minimum absolute atomic E-state index is 0.272. The number of amides is 1. The third-order valence-electron chi connectivity index (χ3n) is 3.59. The maximum Gasteiger partial charge on any atom is 0.344 e. The normalized spacial score (nSPS) is 13.4. The molecule has 26 heavy (non-hydrogen) atoms. The second kappa shape index (κ2) is 8.24. The predicted octanol–water partition coefficient (Wildman–Crippen LogP) is 2.41. The summed E-state index contributed by atoms with van der Waals surface area (Å²) in [6, 6.07) is 14.0. The molecule has 0 aromatic heterocycles. The molecule has 2 aromatic carbocycles. The van der Waals surface area contributed by atoms with Gasteiger partial charge >= 0.3 is 5.97 Å². The fraction of sp³-hybridized carbons (Fsp3) is 0.263. The Morgan fingerprint density at radius 2 is 1.81 bits per heavy atom. The standard InChI is InChI=1S/C19H19NO6/c1-13(26-18(21)12-25-15-5-3-2-4-6-15)19(22)20-14-7-8-16-17(11-14)24-10-9-23-16/h2-8,11,13H,9-10,12H2,1H3,(H,20,22)/t13-/m1/s1. The van der Waals surface area contributed by atoms with E-state index in [2.05, 4.69) is 5.32 Å². The van der Waals surface area contributed by atoms with Crippen LogP contribution in [0.1, 0.15) is 6.92 Å². The van der Waals surface area contributed by atoms with Gasteiger partial charge in [-0.1, -0.05) is 18.2 Å². The Labute approximate surface area is 150 Å². The van der Waals surface area contributed by atoms with E-state index >= 15 is 0 Å². The van der Waals surface area contributed by atoms with Gasteiger partial charge in [0, 0.05) is 11.8 Å². The van der Waals surface area contributed by atoms with Gasteiger partial charge < -0.3 is 24.3 Å². The molecule has 0 unspecified atom stereocenters. The zero-order chi connectivity index (χ0) is 18.4. The molecule has 1 aliphatic heterocycles. The van der Waals surface area contributed by atoms with Crippen LogP contribution in [-0.4, -0.2) is 37.8 Å². The van der Waals surface area contributed by atoms with E-state index in [9.17, 15) is 9.59 Å². The average molecular weight is 357 g/mol. The number of para-hydroxylation sites is 1. The number of nitrogens with one attached hydrogen (secondary N) is 1. The molecular weight excluding hydrogens is 338 g/mol. The average Bonchev–Trinajstić information content (AvgIpc) is 2.67. The quantitative estimate of drug-likeness (QED) is 0.800. The zero-order valence-corrected chi connectivity index (χ0v) is 14.3. The van der Waals surface area contributed by atoms with Gasteiger partial charge in [-0.05, 0) is 31.2 Å². The van der Waals surface area contributed by atoms with Crippen molar-refractivity contribution in [1.82, 2.24) is 0 Å². The Morgan fingerprint density at radius 3 is 2.58 bits per heavy atom. The van der Waals surface area contributed by atoms with Crippen molar-refractivity contribution in [3.63, 3.8) is 0 Å². The molecule has 0 aliphatic carbocycles. The lowest BCUT2D eigenvalue weighted by atomic mass is 10.2. The van der Waals surface area contributed by atoms with Gasteiger partial charge in [0.1, 0.15) is 19.0 Å². The molecule has 1 aliphatic rings. The molecule has 1 N–H and O–H groups in total. The minimum atomic E-state index is -0.963. The second-order valence-corrected chi connectivity index (χ2v) is 5.58. The molecule has 0 fully saturated rings. The first kappa shape index (κ1) is 17.6. The summed E-state index contributed by atoms with van der Waals surface area (Å²) in [6.07, 6.45) is -0.963. The first-order valence-electron chi connectivity index (χ1n) is 8.19. The van der Waals surface area contributed by atoms with Crippen LogP contribution in [0.5, 0.6) is 17.2 Å². The van der Waals surface area contributed by atoms with Crippen LogP contribution in [0.2, 0.25) is 0 Å². The van der Waals surface area contributed by atoms with Gasteiger partial charge in [0.2, 0.25) is 0 Å². The van der Waals surface area contributed by atoms with E-state index in [1.54, 1.807) is 42.5 Å². The lowest BCUT2D eigenvalue weighted by Gasteiger charge is -2.19. The van der Waals surface area contributed by atoms with Crippen LogP contribution in [0.3, 0.4) is 0 Å². The lowest BCUT2D eigenvalue weighted by Crippen LogP contribution is -2.31. The summed E-state index contributed by atoms with van der Waals surface area (Å²) in [5.74, 6) is 0.674. The summed E-state index contributed by atoms with van der Waals surface area (Å²) in [7, 11) is 0. The second-order valence-electron chi connectivity index (χ2n) is 5.58. The van der Waals surface area contributed by atoms with Crippen molar-refractivity contribution in [2.24, 2.45) is 0 Å². The van der Waals surface area contributed by atoms with Gasteiger partial charge in [-0.3, -0.25) is 4.79 Å². The summed E-state index contributed by atoms with van der Waals surface area (Å²) in [5.41, 5.74) is 0.530. The SMILES string of the molecule is C[C@@H](OC(=O)COc1ccccc1)C(=O)Nc1ccc2c(c1)OCCO2. The number of anilines is 1. The van der Waals surface area contributed by atoms with Gasteiger partial charge in [-0.2, -0.15) is 0 Å². The van der Waals surface area contributed by atoms with Crippen molar-refractivity contribution in [1.29, 1.82) is 0 Å². The van der Waals surface area contributed by atoms with Crippen LogP contribution in [0.4, 0.5) is 5.69 Å². The van der Waals surface area contributed by atoms with Gasteiger partial charge in [-0.15, -0.1) is 0 Å². The molecule has 2 aromatic rings. The number of benzene rings is 2. The van der Waals surface area contributed by atoms with Gasteiger partial charge in [0.05, 0.1) is 0 Å². The molecule has 0 saturated carbocycles. The van der Waals surface area contributed by atoms with E-state index in [0.717, 1.165) is 0 Å². The highest BCUT2D eigenvalue weighted by Crippen LogP contribution is 2.32. The van der Waals surface area contributed by atoms with E-state index in [-0.39, 0.29) is 6.61 Å². The number of carbonyl (C=O) groups is 2. The largest absolute Gasteiger partial charge is 0.486 e. The maximum atomic E-state index is 12.2. The Kier molecular flexibility index (Phi) is 5.58. The van der Waals surface area contributed by atoms with Crippen LogP contribution < -0.4 is 19.5 Å². The van der Waals surface area contributed by atoms with Crippen LogP contribution in [0.15, 0.2) is 48.5 Å². The monoisotopic (exact) mass is 357 g/mol. The van der Waals surface area contributed by atoms with E-state index < -0.39 is 18.0 Å². The fourth-order valence-corrected chi connectivity index (χ4v) is 2.31. The number of carbonyl (C=O) groups excluding carboxylic acids is 2. The van der Waals surface area contributed by atoms with E-state index in [4.69, 9.17) is 18.9 Å². The molecule has 7 heteroatoms. The molecule has 1 atom stereocenters.